The minimum atomic E-state index is -2.88. The first kappa shape index (κ1) is 11.5. The fourth-order valence-corrected chi connectivity index (χ4v) is 3.60. The molecule has 1 saturated heterocycles. The van der Waals surface area contributed by atoms with E-state index in [2.05, 4.69) is 5.32 Å². The van der Waals surface area contributed by atoms with E-state index in [9.17, 15) is 13.5 Å². The molecule has 4 nitrogen and oxygen atoms in total. The molecule has 0 aromatic heterocycles. The van der Waals surface area contributed by atoms with Gasteiger partial charge in [-0.3, -0.25) is 0 Å². The van der Waals surface area contributed by atoms with Crippen LogP contribution in [0.1, 0.15) is 6.42 Å². The number of sulfone groups is 1. The molecule has 6 heteroatoms. The number of nitrogens with one attached hydrogen (secondary N) is 1. The van der Waals surface area contributed by atoms with Gasteiger partial charge in [-0.1, -0.05) is 11.6 Å². The molecule has 0 spiro atoms. The second kappa shape index (κ2) is 4.14. The van der Waals surface area contributed by atoms with E-state index in [1.54, 1.807) is 12.1 Å². The molecular weight excluding hydrogens is 250 g/mol. The number of aromatic hydroxyl groups is 1. The van der Waals surface area contributed by atoms with Crippen LogP contribution in [0, 0.1) is 0 Å². The molecule has 1 aliphatic heterocycles. The lowest BCUT2D eigenvalue weighted by Gasteiger charge is -2.12. The molecule has 0 saturated carbocycles. The third-order valence-electron chi connectivity index (χ3n) is 2.55. The Morgan fingerprint density at radius 3 is 2.75 bits per heavy atom. The molecule has 0 aliphatic carbocycles. The van der Waals surface area contributed by atoms with Crippen molar-refractivity contribution < 1.29 is 13.5 Å². The van der Waals surface area contributed by atoms with E-state index < -0.39 is 9.84 Å². The summed E-state index contributed by atoms with van der Waals surface area (Å²) in [6.45, 7) is 0. The van der Waals surface area contributed by atoms with E-state index in [4.69, 9.17) is 11.6 Å². The third-order valence-corrected chi connectivity index (χ3v) is 4.62. The molecule has 88 valence electrons. The molecule has 1 unspecified atom stereocenters. The zero-order chi connectivity index (χ0) is 11.8. The first-order chi connectivity index (χ1) is 7.46. The average Bonchev–Trinajstić information content (AvgIpc) is 2.52. The van der Waals surface area contributed by atoms with Gasteiger partial charge in [-0.25, -0.2) is 8.42 Å². The zero-order valence-corrected chi connectivity index (χ0v) is 10.1. The summed E-state index contributed by atoms with van der Waals surface area (Å²) >= 11 is 5.75. The van der Waals surface area contributed by atoms with Crippen LogP contribution in [0.25, 0.3) is 0 Å². The number of halogens is 1. The molecule has 0 amide bonds. The van der Waals surface area contributed by atoms with Crippen molar-refractivity contribution in [3.05, 3.63) is 23.2 Å². The standard InChI is InChI=1S/C10H12ClNO3S/c11-9-5-7(1-2-10(9)13)12-8-3-4-16(14,15)6-8/h1-2,5,8,12-13H,3-4,6H2. The van der Waals surface area contributed by atoms with Crippen LogP contribution in [0.3, 0.4) is 0 Å². The summed E-state index contributed by atoms with van der Waals surface area (Å²) in [4.78, 5) is 0. The van der Waals surface area contributed by atoms with Crippen LogP contribution in [0.2, 0.25) is 5.02 Å². The van der Waals surface area contributed by atoms with Crippen LogP contribution >= 0.6 is 11.6 Å². The van der Waals surface area contributed by atoms with Gasteiger partial charge in [0.1, 0.15) is 5.75 Å². The van der Waals surface area contributed by atoms with E-state index in [1.807, 2.05) is 0 Å². The van der Waals surface area contributed by atoms with Gasteiger partial charge in [-0.05, 0) is 24.6 Å². The Morgan fingerprint density at radius 2 is 2.19 bits per heavy atom. The Morgan fingerprint density at radius 1 is 1.44 bits per heavy atom. The lowest BCUT2D eigenvalue weighted by molar-refractivity contribution is 0.475. The fraction of sp³-hybridized carbons (Fsp3) is 0.400. The molecule has 1 aromatic rings. The van der Waals surface area contributed by atoms with Crippen LogP contribution in [0.5, 0.6) is 5.75 Å². The second-order valence-corrected chi connectivity index (χ2v) is 6.55. The Hall–Kier alpha value is -0.940. The SMILES string of the molecule is O=S1(=O)CCC(Nc2ccc(O)c(Cl)c2)C1. The summed E-state index contributed by atoms with van der Waals surface area (Å²) in [5.41, 5.74) is 0.727. The first-order valence-electron chi connectivity index (χ1n) is 4.92. The van der Waals surface area contributed by atoms with Crippen LogP contribution < -0.4 is 5.32 Å². The van der Waals surface area contributed by atoms with Crippen molar-refractivity contribution in [2.45, 2.75) is 12.5 Å². The molecule has 1 fully saturated rings. The number of phenolic OH excluding ortho intramolecular Hbond substituents is 1. The maximum atomic E-state index is 11.2. The Labute approximate surface area is 99.2 Å². The minimum Gasteiger partial charge on any atom is -0.506 e. The van der Waals surface area contributed by atoms with Crippen LogP contribution in [-0.2, 0) is 9.84 Å². The van der Waals surface area contributed by atoms with Gasteiger partial charge < -0.3 is 10.4 Å². The van der Waals surface area contributed by atoms with E-state index in [0.29, 0.717) is 6.42 Å². The Kier molecular flexibility index (Phi) is 2.99. The molecule has 1 aromatic carbocycles. The molecular formula is C10H12ClNO3S. The predicted octanol–water partition coefficient (Wildman–Crippen LogP) is 1.64. The van der Waals surface area contributed by atoms with Crippen LogP contribution in [0.4, 0.5) is 5.69 Å². The second-order valence-electron chi connectivity index (χ2n) is 3.91. The van der Waals surface area contributed by atoms with Crippen molar-refractivity contribution in [3.8, 4) is 5.75 Å². The zero-order valence-electron chi connectivity index (χ0n) is 8.48. The molecule has 1 aliphatic rings. The minimum absolute atomic E-state index is 0.0197. The van der Waals surface area contributed by atoms with Crippen molar-refractivity contribution in [2.75, 3.05) is 16.8 Å². The summed E-state index contributed by atoms with van der Waals surface area (Å²) in [7, 11) is -2.88. The molecule has 0 radical (unpaired) electrons. The molecule has 16 heavy (non-hydrogen) atoms. The van der Waals surface area contributed by atoms with Gasteiger partial charge in [-0.2, -0.15) is 0 Å². The summed E-state index contributed by atoms with van der Waals surface area (Å²) in [6.07, 6.45) is 0.612. The lowest BCUT2D eigenvalue weighted by Crippen LogP contribution is -2.20. The average molecular weight is 262 g/mol. The van der Waals surface area contributed by atoms with Gasteiger partial charge in [0.15, 0.2) is 9.84 Å². The van der Waals surface area contributed by atoms with Crippen LogP contribution in [0.15, 0.2) is 18.2 Å². The van der Waals surface area contributed by atoms with Crippen molar-refractivity contribution in [1.82, 2.24) is 0 Å². The van der Waals surface area contributed by atoms with Gasteiger partial charge in [0, 0.05) is 11.7 Å². The molecule has 2 N–H and O–H groups in total. The normalized spacial score (nSPS) is 23.2. The number of phenols is 1. The summed E-state index contributed by atoms with van der Waals surface area (Å²) < 4.78 is 22.5. The summed E-state index contributed by atoms with van der Waals surface area (Å²) in [5.74, 6) is 0.411. The number of anilines is 1. The molecule has 0 bridgehead atoms. The summed E-state index contributed by atoms with van der Waals surface area (Å²) in [5, 5.41) is 12.6. The lowest BCUT2D eigenvalue weighted by atomic mass is 10.2. The van der Waals surface area contributed by atoms with Gasteiger partial charge in [0.25, 0.3) is 0 Å². The Balaban J connectivity index is 2.08. The van der Waals surface area contributed by atoms with Crippen molar-refractivity contribution >= 4 is 27.1 Å². The highest BCUT2D eigenvalue weighted by Gasteiger charge is 2.27. The van der Waals surface area contributed by atoms with E-state index in [-0.39, 0.29) is 28.3 Å². The molecule has 1 heterocycles. The monoisotopic (exact) mass is 261 g/mol. The van der Waals surface area contributed by atoms with Gasteiger partial charge >= 0.3 is 0 Å². The number of benzene rings is 1. The topological polar surface area (TPSA) is 66.4 Å². The van der Waals surface area contributed by atoms with Crippen LogP contribution in [-0.4, -0.2) is 31.1 Å². The third kappa shape index (κ3) is 2.59. The highest BCUT2D eigenvalue weighted by Crippen LogP contribution is 2.27. The van der Waals surface area contributed by atoms with Gasteiger partial charge in [0.05, 0.1) is 16.5 Å². The molecule has 1 atom stereocenters. The van der Waals surface area contributed by atoms with Gasteiger partial charge in [-0.15, -0.1) is 0 Å². The predicted molar refractivity (Wildman–Crippen MR) is 63.8 cm³/mol. The number of rotatable bonds is 2. The maximum absolute atomic E-state index is 11.2. The van der Waals surface area contributed by atoms with E-state index in [1.165, 1.54) is 6.07 Å². The highest BCUT2D eigenvalue weighted by atomic mass is 35.5. The van der Waals surface area contributed by atoms with Crippen molar-refractivity contribution in [2.24, 2.45) is 0 Å². The number of hydrogen-bond donors (Lipinski definition) is 2. The summed E-state index contributed by atoms with van der Waals surface area (Å²) in [6, 6.07) is 4.67. The van der Waals surface area contributed by atoms with Gasteiger partial charge in [0.2, 0.25) is 0 Å². The first-order valence-corrected chi connectivity index (χ1v) is 7.12. The maximum Gasteiger partial charge on any atom is 0.152 e. The fourth-order valence-electron chi connectivity index (χ4n) is 1.74. The quantitative estimate of drug-likeness (QED) is 0.795. The molecule has 2 rings (SSSR count). The van der Waals surface area contributed by atoms with Crippen molar-refractivity contribution in [3.63, 3.8) is 0 Å². The number of hydrogen-bond acceptors (Lipinski definition) is 4. The van der Waals surface area contributed by atoms with E-state index >= 15 is 0 Å². The van der Waals surface area contributed by atoms with Crippen molar-refractivity contribution in [1.29, 1.82) is 0 Å². The largest absolute Gasteiger partial charge is 0.506 e. The smallest absolute Gasteiger partial charge is 0.152 e. The van der Waals surface area contributed by atoms with E-state index in [0.717, 1.165) is 5.69 Å². The Bertz CT molecular complexity index is 501. The highest BCUT2D eigenvalue weighted by molar-refractivity contribution is 7.91.